The van der Waals surface area contributed by atoms with Crippen molar-refractivity contribution in [3.63, 3.8) is 0 Å². The third-order valence-corrected chi connectivity index (χ3v) is 5.84. The van der Waals surface area contributed by atoms with Gasteiger partial charge in [0, 0.05) is 29.0 Å². The lowest BCUT2D eigenvalue weighted by molar-refractivity contribution is -0.403. The molecule has 0 bridgehead atoms. The van der Waals surface area contributed by atoms with Gasteiger partial charge >= 0.3 is 0 Å². The zero-order chi connectivity index (χ0) is 19.5. The largest absolute Gasteiger partial charge is 0.495 e. The Morgan fingerprint density at radius 3 is 2.56 bits per heavy atom. The number of methoxy groups -OCH3 is 1. The molecule has 0 amide bonds. The molecular weight excluding hydrogens is 384 g/mol. The molecule has 2 heterocycles. The minimum absolute atomic E-state index is 0.357. The molecule has 0 aliphatic carbocycles. The second-order valence-electron chi connectivity index (χ2n) is 5.80. The number of hydrogen-bond donors (Lipinski definition) is 1. The van der Waals surface area contributed by atoms with E-state index in [1.165, 1.54) is 0 Å². The molecule has 0 aliphatic heterocycles. The van der Waals surface area contributed by atoms with E-state index in [4.69, 9.17) is 4.74 Å². The van der Waals surface area contributed by atoms with Crippen molar-refractivity contribution in [3.8, 4) is 5.75 Å². The molecule has 146 valence electrons. The van der Waals surface area contributed by atoms with E-state index in [2.05, 4.69) is 15.0 Å². The molecule has 0 atom stereocenters. The van der Waals surface area contributed by atoms with Crippen molar-refractivity contribution >= 4 is 23.5 Å². The van der Waals surface area contributed by atoms with E-state index in [9.17, 15) is 10.1 Å². The fraction of sp³-hybridized carbons (Fsp3) is 0.444. The standard InChI is InChI=1S/C18H24N4O3S2/c1-14-16(21-13-20-14)11-26-8-5-15(10-22(23)24)6-9-27-12-17-18(25-2)4-3-7-19-17/h3-4,7,10,13H,5-6,8-9,11-12H2,1-2H3,(H,20,21). The van der Waals surface area contributed by atoms with Crippen molar-refractivity contribution in [2.24, 2.45) is 0 Å². The summed E-state index contributed by atoms with van der Waals surface area (Å²) in [5, 5.41) is 10.9. The van der Waals surface area contributed by atoms with Gasteiger partial charge in [0.05, 0.1) is 29.7 Å². The predicted molar refractivity (Wildman–Crippen MR) is 111 cm³/mol. The Kier molecular flexibility index (Phi) is 9.20. The first-order chi connectivity index (χ1) is 13.1. The van der Waals surface area contributed by atoms with Gasteiger partial charge in [0.25, 0.3) is 0 Å². The normalized spacial score (nSPS) is 11.6. The number of allylic oxidation sites excluding steroid dienone is 1. The predicted octanol–water partition coefficient (Wildman–Crippen LogP) is 4.23. The van der Waals surface area contributed by atoms with E-state index in [0.717, 1.165) is 57.6 Å². The summed E-state index contributed by atoms with van der Waals surface area (Å²) < 4.78 is 5.29. The molecule has 7 nitrogen and oxygen atoms in total. The van der Waals surface area contributed by atoms with Gasteiger partial charge in [0.15, 0.2) is 0 Å². The summed E-state index contributed by atoms with van der Waals surface area (Å²) in [5.41, 5.74) is 3.88. The monoisotopic (exact) mass is 408 g/mol. The third-order valence-electron chi connectivity index (χ3n) is 3.90. The van der Waals surface area contributed by atoms with Gasteiger partial charge in [-0.25, -0.2) is 4.98 Å². The maximum Gasteiger partial charge on any atom is 0.233 e. The highest BCUT2D eigenvalue weighted by Crippen LogP contribution is 2.23. The van der Waals surface area contributed by atoms with E-state index in [-0.39, 0.29) is 4.92 Å². The lowest BCUT2D eigenvalue weighted by atomic mass is 10.2. The Morgan fingerprint density at radius 2 is 1.96 bits per heavy atom. The average molecular weight is 409 g/mol. The topological polar surface area (TPSA) is 93.9 Å². The molecule has 0 saturated heterocycles. The van der Waals surface area contributed by atoms with Crippen LogP contribution in [0.4, 0.5) is 0 Å². The molecule has 0 aromatic carbocycles. The van der Waals surface area contributed by atoms with E-state index < -0.39 is 0 Å². The molecule has 0 unspecified atom stereocenters. The van der Waals surface area contributed by atoms with Crippen LogP contribution in [-0.2, 0) is 11.5 Å². The Bertz CT molecular complexity index is 765. The van der Waals surface area contributed by atoms with Crippen LogP contribution in [0.15, 0.2) is 36.4 Å². The van der Waals surface area contributed by atoms with Gasteiger partial charge in [-0.1, -0.05) is 0 Å². The molecule has 0 aliphatic rings. The van der Waals surface area contributed by atoms with Gasteiger partial charge in [0.2, 0.25) is 6.20 Å². The molecule has 2 aromatic rings. The van der Waals surface area contributed by atoms with Crippen molar-refractivity contribution in [1.29, 1.82) is 0 Å². The lowest BCUT2D eigenvalue weighted by Gasteiger charge is -2.08. The number of nitrogens with one attached hydrogen (secondary N) is 1. The van der Waals surface area contributed by atoms with Crippen LogP contribution in [0.5, 0.6) is 5.75 Å². The van der Waals surface area contributed by atoms with Crippen LogP contribution < -0.4 is 4.74 Å². The number of nitro groups is 1. The van der Waals surface area contributed by atoms with Crippen molar-refractivity contribution < 1.29 is 9.66 Å². The summed E-state index contributed by atoms with van der Waals surface area (Å²) in [6.07, 6.45) is 6.00. The smallest absolute Gasteiger partial charge is 0.233 e. The summed E-state index contributed by atoms with van der Waals surface area (Å²) in [5.74, 6) is 3.96. The number of aromatic amines is 1. The fourth-order valence-electron chi connectivity index (χ4n) is 2.40. The first-order valence-corrected chi connectivity index (χ1v) is 10.9. The third kappa shape index (κ3) is 7.64. The molecule has 9 heteroatoms. The molecule has 1 N–H and O–H groups in total. The summed E-state index contributed by atoms with van der Waals surface area (Å²) in [7, 11) is 1.63. The second-order valence-corrected chi connectivity index (χ2v) is 8.01. The molecule has 0 fully saturated rings. The zero-order valence-corrected chi connectivity index (χ0v) is 17.1. The fourth-order valence-corrected chi connectivity index (χ4v) is 4.39. The zero-order valence-electron chi connectivity index (χ0n) is 15.5. The Labute approximate surface area is 167 Å². The number of aryl methyl sites for hydroxylation is 1. The quantitative estimate of drug-likeness (QED) is 0.319. The Morgan fingerprint density at radius 1 is 1.26 bits per heavy atom. The minimum Gasteiger partial charge on any atom is -0.495 e. The Balaban J connectivity index is 1.74. The van der Waals surface area contributed by atoms with Crippen LogP contribution >= 0.6 is 23.5 Å². The molecule has 0 saturated carbocycles. The lowest BCUT2D eigenvalue weighted by Crippen LogP contribution is -1.97. The second kappa shape index (κ2) is 11.7. The average Bonchev–Trinajstić information content (AvgIpc) is 3.06. The number of thioether (sulfide) groups is 2. The number of ether oxygens (including phenoxy) is 1. The molecule has 0 radical (unpaired) electrons. The first-order valence-electron chi connectivity index (χ1n) is 8.55. The number of imidazole rings is 1. The van der Waals surface area contributed by atoms with Crippen LogP contribution in [0.2, 0.25) is 0 Å². The van der Waals surface area contributed by atoms with Gasteiger partial charge < -0.3 is 9.72 Å². The van der Waals surface area contributed by atoms with Crippen LogP contribution in [0.25, 0.3) is 0 Å². The number of nitrogens with zero attached hydrogens (tertiary/aromatic N) is 3. The first kappa shape index (κ1) is 21.3. The minimum atomic E-state index is -0.357. The summed E-state index contributed by atoms with van der Waals surface area (Å²) in [6, 6.07) is 3.73. The number of rotatable bonds is 12. The van der Waals surface area contributed by atoms with Crippen molar-refractivity contribution in [2.75, 3.05) is 18.6 Å². The number of hydrogen-bond acceptors (Lipinski definition) is 7. The number of aromatic nitrogens is 3. The molecule has 0 spiro atoms. The molecular formula is C18H24N4O3S2. The number of H-pyrrole nitrogens is 1. The highest BCUT2D eigenvalue weighted by molar-refractivity contribution is 7.98. The van der Waals surface area contributed by atoms with Crippen molar-refractivity contribution in [3.05, 3.63) is 63.6 Å². The maximum atomic E-state index is 10.9. The maximum absolute atomic E-state index is 10.9. The van der Waals surface area contributed by atoms with E-state index in [1.54, 1.807) is 43.2 Å². The van der Waals surface area contributed by atoms with Crippen LogP contribution in [0, 0.1) is 17.0 Å². The summed E-state index contributed by atoms with van der Waals surface area (Å²) >= 11 is 3.45. The highest BCUT2D eigenvalue weighted by Gasteiger charge is 2.08. The summed E-state index contributed by atoms with van der Waals surface area (Å²) in [4.78, 5) is 22.2. The molecule has 27 heavy (non-hydrogen) atoms. The van der Waals surface area contributed by atoms with Gasteiger partial charge in [-0.15, -0.1) is 0 Å². The van der Waals surface area contributed by atoms with E-state index in [0.29, 0.717) is 12.8 Å². The Hall–Kier alpha value is -2.00. The van der Waals surface area contributed by atoms with Crippen LogP contribution in [0.3, 0.4) is 0 Å². The van der Waals surface area contributed by atoms with Crippen molar-refractivity contribution in [2.45, 2.75) is 31.3 Å². The SMILES string of the molecule is COc1cccnc1CSCCC(=C[N+](=O)[O-])CCSCc1nc[nH]c1C. The molecule has 2 rings (SSSR count). The van der Waals surface area contributed by atoms with Crippen LogP contribution in [-0.4, -0.2) is 38.5 Å². The number of pyridine rings is 1. The van der Waals surface area contributed by atoms with Gasteiger partial charge in [0.1, 0.15) is 5.75 Å². The van der Waals surface area contributed by atoms with Gasteiger partial charge in [-0.05, 0) is 43.4 Å². The highest BCUT2D eigenvalue weighted by atomic mass is 32.2. The van der Waals surface area contributed by atoms with Gasteiger partial charge in [-0.2, -0.15) is 23.5 Å². The molecule has 2 aromatic heterocycles. The summed E-state index contributed by atoms with van der Waals surface area (Å²) in [6.45, 7) is 1.99. The van der Waals surface area contributed by atoms with Crippen molar-refractivity contribution in [1.82, 2.24) is 15.0 Å². The van der Waals surface area contributed by atoms with Crippen LogP contribution in [0.1, 0.15) is 29.9 Å². The van der Waals surface area contributed by atoms with Gasteiger partial charge in [-0.3, -0.25) is 15.1 Å². The van der Waals surface area contributed by atoms with E-state index >= 15 is 0 Å². The van der Waals surface area contributed by atoms with E-state index in [1.807, 2.05) is 19.1 Å².